The quantitative estimate of drug-likeness (QED) is 0.278. The van der Waals surface area contributed by atoms with Crippen LogP contribution < -0.4 is 14.2 Å². The lowest BCUT2D eigenvalue weighted by Gasteiger charge is -2.14. The maximum atomic E-state index is 12.2. The first-order valence-electron chi connectivity index (χ1n) is 9.72. The number of likely N-dealkylation sites (N-methyl/N-ethyl adjacent to an activating group) is 1. The highest BCUT2D eigenvalue weighted by Gasteiger charge is 2.28. The zero-order valence-corrected chi connectivity index (χ0v) is 20.2. The van der Waals surface area contributed by atoms with Gasteiger partial charge >= 0.3 is 0 Å². The Morgan fingerprint density at radius 3 is 2.52 bits per heavy atom. The number of carbonyl (C=O) groups excluding carboxylic acids is 1. The van der Waals surface area contributed by atoms with Gasteiger partial charge in [0.1, 0.15) is 10.1 Å². The molecule has 0 radical (unpaired) electrons. The van der Waals surface area contributed by atoms with Crippen molar-refractivity contribution in [3.8, 4) is 17.2 Å². The number of nitrogens with zero attached hydrogens (tertiary/aromatic N) is 1. The van der Waals surface area contributed by atoms with Gasteiger partial charge in [0.15, 0.2) is 11.5 Å². The number of ether oxygens (including phenoxy) is 3. The van der Waals surface area contributed by atoms with Crippen molar-refractivity contribution in [2.45, 2.75) is 20.3 Å². The lowest BCUT2D eigenvalue weighted by atomic mass is 10.1. The molecule has 2 aromatic rings. The Labute approximate surface area is 197 Å². The summed E-state index contributed by atoms with van der Waals surface area (Å²) in [6.07, 6.45) is 2.44. The van der Waals surface area contributed by atoms with Gasteiger partial charge in [0.25, 0.3) is 5.91 Å². The molecule has 3 rings (SSSR count). The van der Waals surface area contributed by atoms with Crippen LogP contribution in [0.4, 0.5) is 0 Å². The minimum Gasteiger partial charge on any atom is -0.493 e. The van der Waals surface area contributed by atoms with E-state index in [2.05, 4.69) is 13.8 Å². The molecule has 2 aromatic carbocycles. The molecule has 31 heavy (non-hydrogen) atoms. The van der Waals surface area contributed by atoms with E-state index < -0.39 is 0 Å². The van der Waals surface area contributed by atoms with E-state index in [0.29, 0.717) is 45.4 Å². The molecule has 0 unspecified atom stereocenters. The fourth-order valence-electron chi connectivity index (χ4n) is 2.89. The molecule has 0 N–H and O–H groups in total. The Hall–Kier alpha value is -2.22. The molecule has 5 nitrogen and oxygen atoms in total. The maximum Gasteiger partial charge on any atom is 0.265 e. The van der Waals surface area contributed by atoms with Crippen molar-refractivity contribution in [2.75, 3.05) is 27.4 Å². The molecule has 1 aliphatic rings. The molecule has 1 saturated heterocycles. The van der Waals surface area contributed by atoms with Gasteiger partial charge in [-0.1, -0.05) is 41.6 Å². The van der Waals surface area contributed by atoms with Crippen LogP contribution in [0.15, 0.2) is 35.2 Å². The summed E-state index contributed by atoms with van der Waals surface area (Å²) in [5, 5.41) is 0.410. The molecule has 0 saturated carbocycles. The zero-order valence-electron chi connectivity index (χ0n) is 17.9. The number of hydrogen-bond donors (Lipinski definition) is 0. The number of thiocarbonyl (C=S) groups is 1. The smallest absolute Gasteiger partial charge is 0.265 e. The lowest BCUT2D eigenvalue weighted by molar-refractivity contribution is -0.121. The number of hydrogen-bond acceptors (Lipinski definition) is 6. The molecule has 8 heteroatoms. The highest BCUT2D eigenvalue weighted by molar-refractivity contribution is 8.26. The topological polar surface area (TPSA) is 48.0 Å². The summed E-state index contributed by atoms with van der Waals surface area (Å²) < 4.78 is 17.6. The third-order valence-corrected chi connectivity index (χ3v) is 6.58. The van der Waals surface area contributed by atoms with Crippen molar-refractivity contribution in [3.05, 3.63) is 56.9 Å². The standard InChI is InChI=1S/C23H24ClNO4S2/c1-14-6-7-17(10-15(14)2)28-8-5-9-29-21-18(24)11-16(12-19(21)27-4)13-20-22(26)25(3)23(30)31-20/h6-7,10-13H,5,8-9H2,1-4H3/b20-13-. The zero-order chi connectivity index (χ0) is 22.5. The Morgan fingerprint density at radius 1 is 1.13 bits per heavy atom. The van der Waals surface area contributed by atoms with E-state index in [-0.39, 0.29) is 5.91 Å². The van der Waals surface area contributed by atoms with Crippen LogP contribution in [-0.4, -0.2) is 42.5 Å². The third-order valence-electron chi connectivity index (χ3n) is 4.82. The molecule has 0 aliphatic carbocycles. The molecule has 0 aromatic heterocycles. The van der Waals surface area contributed by atoms with Crippen molar-refractivity contribution in [2.24, 2.45) is 0 Å². The van der Waals surface area contributed by atoms with Gasteiger partial charge in [0.2, 0.25) is 0 Å². The second kappa shape index (κ2) is 10.4. The Bertz CT molecular complexity index is 1040. The second-order valence-corrected chi connectivity index (χ2v) is 9.15. The Balaban J connectivity index is 1.61. The van der Waals surface area contributed by atoms with Crippen molar-refractivity contribution in [1.29, 1.82) is 0 Å². The van der Waals surface area contributed by atoms with Crippen LogP contribution in [0.1, 0.15) is 23.1 Å². The third kappa shape index (κ3) is 5.73. The monoisotopic (exact) mass is 477 g/mol. The largest absolute Gasteiger partial charge is 0.493 e. The summed E-state index contributed by atoms with van der Waals surface area (Å²) >= 11 is 12.9. The molecule has 0 atom stereocenters. The number of amides is 1. The summed E-state index contributed by atoms with van der Waals surface area (Å²) in [6.45, 7) is 5.09. The van der Waals surface area contributed by atoms with Gasteiger partial charge in [0, 0.05) is 13.5 Å². The predicted octanol–water partition coefficient (Wildman–Crippen LogP) is 5.64. The molecule has 1 amide bonds. The molecular formula is C23H24ClNO4S2. The Morgan fingerprint density at radius 2 is 1.87 bits per heavy atom. The normalized spacial score (nSPS) is 15.0. The number of methoxy groups -OCH3 is 1. The number of rotatable bonds is 8. The van der Waals surface area contributed by atoms with Gasteiger partial charge in [-0.15, -0.1) is 0 Å². The van der Waals surface area contributed by atoms with Gasteiger partial charge in [-0.05, 0) is 60.9 Å². The highest BCUT2D eigenvalue weighted by atomic mass is 35.5. The fourth-order valence-corrected chi connectivity index (χ4v) is 4.34. The number of benzene rings is 2. The summed E-state index contributed by atoms with van der Waals surface area (Å²) in [7, 11) is 3.21. The molecule has 1 fully saturated rings. The number of thioether (sulfide) groups is 1. The maximum absolute atomic E-state index is 12.2. The van der Waals surface area contributed by atoms with Crippen molar-refractivity contribution in [1.82, 2.24) is 4.90 Å². The fraction of sp³-hybridized carbons (Fsp3) is 0.304. The van der Waals surface area contributed by atoms with Crippen LogP contribution in [0.5, 0.6) is 17.2 Å². The summed E-state index contributed by atoms with van der Waals surface area (Å²) in [4.78, 5) is 14.2. The van der Waals surface area contributed by atoms with E-state index >= 15 is 0 Å². The van der Waals surface area contributed by atoms with E-state index in [4.69, 9.17) is 38.0 Å². The second-order valence-electron chi connectivity index (χ2n) is 7.07. The van der Waals surface area contributed by atoms with E-state index in [1.807, 2.05) is 18.2 Å². The minimum atomic E-state index is -0.130. The average molecular weight is 478 g/mol. The van der Waals surface area contributed by atoms with Crippen LogP contribution >= 0.6 is 35.6 Å². The van der Waals surface area contributed by atoms with E-state index in [1.165, 1.54) is 27.8 Å². The first-order valence-corrected chi connectivity index (χ1v) is 11.3. The highest BCUT2D eigenvalue weighted by Crippen LogP contribution is 2.38. The van der Waals surface area contributed by atoms with Gasteiger partial charge in [-0.3, -0.25) is 9.69 Å². The van der Waals surface area contributed by atoms with E-state index in [0.717, 1.165) is 11.3 Å². The lowest BCUT2D eigenvalue weighted by Crippen LogP contribution is -2.22. The summed E-state index contributed by atoms with van der Waals surface area (Å²) in [5.41, 5.74) is 3.18. The van der Waals surface area contributed by atoms with Crippen molar-refractivity contribution in [3.63, 3.8) is 0 Å². The number of halogens is 1. The van der Waals surface area contributed by atoms with Crippen molar-refractivity contribution >= 4 is 51.9 Å². The molecule has 0 bridgehead atoms. The molecule has 164 valence electrons. The van der Waals surface area contributed by atoms with Crippen LogP contribution in [0.3, 0.4) is 0 Å². The van der Waals surface area contributed by atoms with Gasteiger partial charge < -0.3 is 14.2 Å². The number of aryl methyl sites for hydroxylation is 2. The molecular weight excluding hydrogens is 454 g/mol. The Kier molecular flexibility index (Phi) is 7.86. The van der Waals surface area contributed by atoms with Crippen LogP contribution in [0, 0.1) is 13.8 Å². The molecule has 0 spiro atoms. The van der Waals surface area contributed by atoms with E-state index in [1.54, 1.807) is 32.4 Å². The SMILES string of the molecule is COc1cc(/C=C2\SC(=S)N(C)C2=O)cc(Cl)c1OCCCOc1ccc(C)c(C)c1. The van der Waals surface area contributed by atoms with Gasteiger partial charge in [-0.2, -0.15) is 0 Å². The number of carbonyl (C=O) groups is 1. The van der Waals surface area contributed by atoms with Gasteiger partial charge in [-0.25, -0.2) is 0 Å². The van der Waals surface area contributed by atoms with Gasteiger partial charge in [0.05, 0.1) is 30.3 Å². The summed E-state index contributed by atoms with van der Waals surface area (Å²) in [6, 6.07) is 9.57. The van der Waals surface area contributed by atoms with Crippen molar-refractivity contribution < 1.29 is 19.0 Å². The molecule has 1 heterocycles. The predicted molar refractivity (Wildman–Crippen MR) is 130 cm³/mol. The first-order chi connectivity index (χ1) is 14.8. The average Bonchev–Trinajstić information content (AvgIpc) is 2.97. The molecule has 1 aliphatic heterocycles. The van der Waals surface area contributed by atoms with Crippen LogP contribution in [0.25, 0.3) is 6.08 Å². The minimum absolute atomic E-state index is 0.130. The summed E-state index contributed by atoms with van der Waals surface area (Å²) in [5.74, 6) is 1.69. The van der Waals surface area contributed by atoms with Crippen LogP contribution in [0.2, 0.25) is 5.02 Å². The van der Waals surface area contributed by atoms with E-state index in [9.17, 15) is 4.79 Å². The first kappa shape index (κ1) is 23.4. The van der Waals surface area contributed by atoms with Crippen LogP contribution in [-0.2, 0) is 4.79 Å².